The topological polar surface area (TPSA) is 29.6 Å². The number of benzene rings is 2. The first-order valence-corrected chi connectivity index (χ1v) is 9.96. The van der Waals surface area contributed by atoms with Gasteiger partial charge in [0.15, 0.2) is 5.82 Å². The Bertz CT molecular complexity index is 1210. The maximum absolute atomic E-state index is 14.3. The summed E-state index contributed by atoms with van der Waals surface area (Å²) in [5.41, 5.74) is 1.68. The van der Waals surface area contributed by atoms with Crippen molar-refractivity contribution in [2.45, 2.75) is 0 Å². The van der Waals surface area contributed by atoms with Crippen molar-refractivity contribution in [1.29, 1.82) is 0 Å². The molecule has 0 unspecified atom stereocenters. The molecule has 28 heavy (non-hydrogen) atoms. The molecule has 4 rings (SSSR count). The minimum Gasteiger partial charge on any atom is -0.217 e. The van der Waals surface area contributed by atoms with E-state index in [1.54, 1.807) is 29.8 Å². The first-order valence-electron chi connectivity index (χ1n) is 8.13. The van der Waals surface area contributed by atoms with Gasteiger partial charge in [-0.1, -0.05) is 12.1 Å². The van der Waals surface area contributed by atoms with E-state index in [1.807, 2.05) is 16.8 Å². The second-order valence-corrected chi connectivity index (χ2v) is 7.32. The molecule has 0 aliphatic heterocycles. The fourth-order valence-corrected chi connectivity index (χ4v) is 3.94. The van der Waals surface area contributed by atoms with Crippen LogP contribution in [0.2, 0.25) is 0 Å². The van der Waals surface area contributed by atoms with E-state index in [1.165, 1.54) is 39.5 Å². The number of nitrogens with zero attached hydrogens (tertiary/aromatic N) is 3. The van der Waals surface area contributed by atoms with Crippen LogP contribution in [0.4, 0.5) is 18.9 Å². The van der Waals surface area contributed by atoms with Gasteiger partial charge in [0, 0.05) is 22.6 Å². The minimum atomic E-state index is -0.783. The van der Waals surface area contributed by atoms with Gasteiger partial charge >= 0.3 is 0 Å². The van der Waals surface area contributed by atoms with E-state index in [2.05, 4.69) is 10.1 Å². The van der Waals surface area contributed by atoms with E-state index >= 15 is 0 Å². The number of hydrogen-bond acceptors (Lipinski definition) is 4. The quantitative estimate of drug-likeness (QED) is 0.377. The molecule has 140 valence electrons. The van der Waals surface area contributed by atoms with Crippen LogP contribution in [0.25, 0.3) is 11.3 Å². The summed E-state index contributed by atoms with van der Waals surface area (Å²) in [4.78, 5) is 4.59. The number of aromatic nitrogens is 1. The normalized spacial score (nSPS) is 12.2. The van der Waals surface area contributed by atoms with Gasteiger partial charge in [-0.25, -0.2) is 22.8 Å². The first kappa shape index (κ1) is 18.4. The molecule has 2 aromatic carbocycles. The minimum absolute atomic E-state index is 0.0252. The van der Waals surface area contributed by atoms with Crippen LogP contribution in [-0.2, 0) is 0 Å². The molecule has 3 nitrogen and oxygen atoms in total. The molecule has 8 heteroatoms. The van der Waals surface area contributed by atoms with Crippen molar-refractivity contribution in [2.75, 3.05) is 0 Å². The maximum atomic E-state index is 14.3. The Morgan fingerprint density at radius 3 is 2.54 bits per heavy atom. The summed E-state index contributed by atoms with van der Waals surface area (Å²) in [6.07, 6.45) is 1.62. The predicted octanol–water partition coefficient (Wildman–Crippen LogP) is 5.81. The van der Waals surface area contributed by atoms with Crippen LogP contribution in [0.1, 0.15) is 5.56 Å². The van der Waals surface area contributed by atoms with E-state index in [4.69, 9.17) is 0 Å². The Hall–Kier alpha value is -2.97. The van der Waals surface area contributed by atoms with Gasteiger partial charge in [-0.2, -0.15) is 16.4 Å². The van der Waals surface area contributed by atoms with Crippen LogP contribution in [0, 0.1) is 17.5 Å². The van der Waals surface area contributed by atoms with Gasteiger partial charge in [0.25, 0.3) is 0 Å². The average Bonchev–Trinajstić information content (AvgIpc) is 3.33. The summed E-state index contributed by atoms with van der Waals surface area (Å²) in [7, 11) is 0. The average molecular weight is 415 g/mol. The number of thiophene rings is 1. The van der Waals surface area contributed by atoms with E-state index in [0.717, 1.165) is 17.7 Å². The van der Waals surface area contributed by atoms with Crippen LogP contribution in [-0.4, -0.2) is 10.9 Å². The van der Waals surface area contributed by atoms with Crippen molar-refractivity contribution in [3.63, 3.8) is 0 Å². The first-order chi connectivity index (χ1) is 13.6. The van der Waals surface area contributed by atoms with Crippen LogP contribution in [0.5, 0.6) is 0 Å². The molecule has 0 atom stereocenters. The molecule has 0 spiro atoms. The Kier molecular flexibility index (Phi) is 5.23. The second kappa shape index (κ2) is 7.95. The fraction of sp³-hybridized carbons (Fsp3) is 0. The van der Waals surface area contributed by atoms with Gasteiger partial charge in [0.1, 0.15) is 17.3 Å². The lowest BCUT2D eigenvalue weighted by Crippen LogP contribution is -2.12. The zero-order valence-electron chi connectivity index (χ0n) is 14.2. The molecule has 0 saturated carbocycles. The predicted molar refractivity (Wildman–Crippen MR) is 107 cm³/mol. The Morgan fingerprint density at radius 1 is 0.929 bits per heavy atom. The molecule has 0 fully saturated rings. The summed E-state index contributed by atoms with van der Waals surface area (Å²) in [5.74, 6) is -1.87. The Morgan fingerprint density at radius 2 is 1.79 bits per heavy atom. The SMILES string of the molecule is Fc1ccc(N=c2scc(-c3ccccc3F)n2N=Cc2ccsc2)c(F)c1. The highest BCUT2D eigenvalue weighted by molar-refractivity contribution is 7.08. The molecular weight excluding hydrogens is 403 g/mol. The zero-order chi connectivity index (χ0) is 19.5. The van der Waals surface area contributed by atoms with Crippen molar-refractivity contribution < 1.29 is 13.2 Å². The number of halogens is 3. The van der Waals surface area contributed by atoms with Gasteiger partial charge in [-0.05, 0) is 41.1 Å². The van der Waals surface area contributed by atoms with Crippen LogP contribution >= 0.6 is 22.7 Å². The summed E-state index contributed by atoms with van der Waals surface area (Å²) in [5, 5.41) is 9.94. The molecule has 0 amide bonds. The van der Waals surface area contributed by atoms with Gasteiger partial charge in [-0.15, -0.1) is 11.3 Å². The number of thiazole rings is 1. The number of rotatable bonds is 4. The van der Waals surface area contributed by atoms with Gasteiger partial charge in [0.05, 0.1) is 11.9 Å². The smallest absolute Gasteiger partial charge is 0.211 e. The van der Waals surface area contributed by atoms with Crippen molar-refractivity contribution in [1.82, 2.24) is 4.68 Å². The summed E-state index contributed by atoms with van der Waals surface area (Å²) < 4.78 is 43.0. The van der Waals surface area contributed by atoms with Crippen LogP contribution in [0.15, 0.2) is 74.8 Å². The van der Waals surface area contributed by atoms with Crippen molar-refractivity contribution >= 4 is 34.6 Å². The maximum Gasteiger partial charge on any atom is 0.211 e. The fourth-order valence-electron chi connectivity index (χ4n) is 2.49. The number of hydrogen-bond donors (Lipinski definition) is 0. The lowest BCUT2D eigenvalue weighted by Gasteiger charge is -2.04. The van der Waals surface area contributed by atoms with Crippen molar-refractivity contribution in [2.24, 2.45) is 10.1 Å². The molecule has 0 radical (unpaired) electrons. The third-order valence-electron chi connectivity index (χ3n) is 3.83. The van der Waals surface area contributed by atoms with Crippen molar-refractivity contribution in [3.8, 4) is 11.3 Å². The van der Waals surface area contributed by atoms with Crippen LogP contribution in [0.3, 0.4) is 0 Å². The molecule has 0 aliphatic carbocycles. The standard InChI is InChI=1S/C20H12F3N3S2/c21-14-5-6-18(17(23)9-14)25-20-26(24-10-13-7-8-27-11-13)19(12-28-20)15-3-1-2-4-16(15)22/h1-12H. The lowest BCUT2D eigenvalue weighted by molar-refractivity contribution is 0.584. The van der Waals surface area contributed by atoms with E-state index in [-0.39, 0.29) is 5.69 Å². The van der Waals surface area contributed by atoms with Crippen molar-refractivity contribution in [3.05, 3.63) is 92.5 Å². The Balaban J connectivity index is 1.89. The monoisotopic (exact) mass is 415 g/mol. The molecule has 2 heterocycles. The highest BCUT2D eigenvalue weighted by Gasteiger charge is 2.12. The van der Waals surface area contributed by atoms with E-state index < -0.39 is 17.5 Å². The molecule has 0 N–H and O–H groups in total. The lowest BCUT2D eigenvalue weighted by atomic mass is 10.1. The second-order valence-electron chi connectivity index (χ2n) is 5.70. The van der Waals surface area contributed by atoms with Crippen LogP contribution < -0.4 is 4.80 Å². The molecule has 0 bridgehead atoms. The molecule has 4 aromatic rings. The highest BCUT2D eigenvalue weighted by atomic mass is 32.1. The third-order valence-corrected chi connectivity index (χ3v) is 5.34. The summed E-state index contributed by atoms with van der Waals surface area (Å²) in [6.45, 7) is 0. The highest BCUT2D eigenvalue weighted by Crippen LogP contribution is 2.24. The summed E-state index contributed by atoms with van der Waals surface area (Å²) >= 11 is 2.71. The zero-order valence-corrected chi connectivity index (χ0v) is 15.9. The largest absolute Gasteiger partial charge is 0.217 e. The molecular formula is C20H12F3N3S2. The van der Waals surface area contributed by atoms with E-state index in [0.29, 0.717) is 16.1 Å². The van der Waals surface area contributed by atoms with Gasteiger partial charge < -0.3 is 0 Å². The Labute approximate surface area is 166 Å². The third kappa shape index (κ3) is 3.83. The summed E-state index contributed by atoms with van der Waals surface area (Å²) in [6, 6.07) is 11.4. The molecule has 2 aromatic heterocycles. The van der Waals surface area contributed by atoms with Gasteiger partial charge in [0.2, 0.25) is 4.80 Å². The molecule has 0 saturated heterocycles. The van der Waals surface area contributed by atoms with Gasteiger partial charge in [-0.3, -0.25) is 0 Å². The molecule has 0 aliphatic rings. The van der Waals surface area contributed by atoms with E-state index in [9.17, 15) is 13.2 Å².